The summed E-state index contributed by atoms with van der Waals surface area (Å²) in [5.74, 6) is 0.318. The van der Waals surface area contributed by atoms with Crippen LogP contribution in [0.2, 0.25) is 0 Å². The van der Waals surface area contributed by atoms with E-state index in [0.29, 0.717) is 30.6 Å². The van der Waals surface area contributed by atoms with E-state index in [1.165, 1.54) is 12.8 Å². The van der Waals surface area contributed by atoms with Crippen molar-refractivity contribution in [3.05, 3.63) is 28.3 Å². The summed E-state index contributed by atoms with van der Waals surface area (Å²) in [7, 11) is 2.09. The number of hydrogen-bond acceptors (Lipinski definition) is 5. The van der Waals surface area contributed by atoms with Gasteiger partial charge in [0.15, 0.2) is 5.75 Å². The molecule has 1 aromatic carbocycles. The molecule has 1 aliphatic rings. The van der Waals surface area contributed by atoms with Gasteiger partial charge in [0.2, 0.25) is 0 Å². The Hall–Kier alpha value is -1.82. The smallest absolute Gasteiger partial charge is 0.333 e. The molecule has 0 heterocycles. The highest BCUT2D eigenvalue weighted by Gasteiger charge is 2.26. The molecule has 1 aromatic rings. The first kappa shape index (κ1) is 14.6. The predicted octanol–water partition coefficient (Wildman–Crippen LogP) is 2.50. The van der Waals surface area contributed by atoms with E-state index in [2.05, 4.69) is 17.3 Å². The van der Waals surface area contributed by atoms with Crippen molar-refractivity contribution in [1.82, 2.24) is 4.90 Å². The zero-order valence-electron chi connectivity index (χ0n) is 12.0. The lowest BCUT2D eigenvalue weighted by atomic mass is 10.2. The molecule has 1 aliphatic carbocycles. The molecule has 110 valence electrons. The Morgan fingerprint density at radius 3 is 2.85 bits per heavy atom. The van der Waals surface area contributed by atoms with Gasteiger partial charge in [0.25, 0.3) is 0 Å². The maximum atomic E-state index is 11.2. The molecule has 0 bridgehead atoms. The van der Waals surface area contributed by atoms with E-state index in [0.717, 1.165) is 6.54 Å². The van der Waals surface area contributed by atoms with Crippen LogP contribution in [0.5, 0.6) is 5.75 Å². The minimum atomic E-state index is -0.391. The van der Waals surface area contributed by atoms with Crippen molar-refractivity contribution >= 4 is 11.4 Å². The van der Waals surface area contributed by atoms with Gasteiger partial charge in [-0.1, -0.05) is 6.07 Å². The quantitative estimate of drug-likeness (QED) is 0.585. The van der Waals surface area contributed by atoms with Gasteiger partial charge < -0.3 is 15.0 Å². The van der Waals surface area contributed by atoms with Crippen molar-refractivity contribution in [3.8, 4) is 5.75 Å². The fourth-order valence-electron chi connectivity index (χ4n) is 2.19. The molecule has 0 unspecified atom stereocenters. The largest absolute Gasteiger partial charge is 0.487 e. The number of nitro benzene ring substituents is 1. The lowest BCUT2D eigenvalue weighted by Crippen LogP contribution is -2.27. The highest BCUT2D eigenvalue weighted by atomic mass is 16.6. The van der Waals surface area contributed by atoms with Crippen molar-refractivity contribution in [2.45, 2.75) is 25.8 Å². The molecule has 20 heavy (non-hydrogen) atoms. The summed E-state index contributed by atoms with van der Waals surface area (Å²) in [6, 6.07) is 5.81. The molecule has 1 N–H and O–H groups in total. The van der Waals surface area contributed by atoms with E-state index < -0.39 is 4.92 Å². The third-order valence-electron chi connectivity index (χ3n) is 3.43. The maximum absolute atomic E-state index is 11.2. The Morgan fingerprint density at radius 2 is 2.25 bits per heavy atom. The van der Waals surface area contributed by atoms with Crippen LogP contribution in [0.1, 0.15) is 19.8 Å². The van der Waals surface area contributed by atoms with Gasteiger partial charge in [0, 0.05) is 19.1 Å². The summed E-state index contributed by atoms with van der Waals surface area (Å²) >= 11 is 0. The van der Waals surface area contributed by atoms with Crippen LogP contribution in [0.25, 0.3) is 0 Å². The summed E-state index contributed by atoms with van der Waals surface area (Å²) in [6.45, 7) is 3.78. The highest BCUT2D eigenvalue weighted by Crippen LogP contribution is 2.34. The Kier molecular flexibility index (Phi) is 4.79. The zero-order chi connectivity index (χ0) is 14.5. The molecule has 0 aliphatic heterocycles. The molecule has 0 amide bonds. The first-order valence-electron chi connectivity index (χ1n) is 6.97. The molecule has 0 aromatic heterocycles. The molecule has 1 saturated carbocycles. The van der Waals surface area contributed by atoms with E-state index in [1.54, 1.807) is 18.2 Å². The van der Waals surface area contributed by atoms with E-state index in [1.807, 2.05) is 6.92 Å². The third-order valence-corrected chi connectivity index (χ3v) is 3.43. The van der Waals surface area contributed by atoms with Crippen molar-refractivity contribution in [1.29, 1.82) is 0 Å². The van der Waals surface area contributed by atoms with E-state index in [-0.39, 0.29) is 5.69 Å². The Morgan fingerprint density at radius 1 is 1.50 bits per heavy atom. The number of para-hydroxylation sites is 1. The monoisotopic (exact) mass is 279 g/mol. The minimum Gasteiger partial charge on any atom is -0.487 e. The number of ether oxygens (including phenoxy) is 1. The number of anilines is 1. The summed E-state index contributed by atoms with van der Waals surface area (Å²) < 4.78 is 5.32. The van der Waals surface area contributed by atoms with Crippen molar-refractivity contribution in [2.75, 3.05) is 32.1 Å². The minimum absolute atomic E-state index is 0.0171. The molecule has 0 atom stereocenters. The van der Waals surface area contributed by atoms with E-state index in [9.17, 15) is 10.1 Å². The standard InChI is InChI=1S/C14H21N3O3/c1-3-20-13-6-4-5-12(14(13)17(18)19)15-9-10-16(2)11-7-8-11/h4-6,11,15H,3,7-10H2,1-2H3. The first-order chi connectivity index (χ1) is 9.63. The average molecular weight is 279 g/mol. The molecule has 0 radical (unpaired) electrons. The van der Waals surface area contributed by atoms with Crippen LogP contribution in [-0.4, -0.2) is 42.6 Å². The number of nitrogens with one attached hydrogen (secondary N) is 1. The van der Waals surface area contributed by atoms with Gasteiger partial charge in [-0.3, -0.25) is 10.1 Å². The van der Waals surface area contributed by atoms with E-state index in [4.69, 9.17) is 4.74 Å². The van der Waals surface area contributed by atoms with Crippen LogP contribution in [0.15, 0.2) is 18.2 Å². The van der Waals surface area contributed by atoms with Crippen LogP contribution in [-0.2, 0) is 0 Å². The predicted molar refractivity (Wildman–Crippen MR) is 78.4 cm³/mol. The molecule has 2 rings (SSSR count). The fourth-order valence-corrected chi connectivity index (χ4v) is 2.19. The Labute approximate surface area is 118 Å². The second-order valence-electron chi connectivity index (χ2n) is 4.98. The average Bonchev–Trinajstić information content (AvgIpc) is 3.23. The van der Waals surface area contributed by atoms with Crippen LogP contribution in [0.3, 0.4) is 0 Å². The van der Waals surface area contributed by atoms with Gasteiger partial charge in [0.1, 0.15) is 5.69 Å². The van der Waals surface area contributed by atoms with Crippen LogP contribution < -0.4 is 10.1 Å². The first-order valence-corrected chi connectivity index (χ1v) is 6.97. The Balaban J connectivity index is 2.01. The third kappa shape index (κ3) is 3.60. The van der Waals surface area contributed by atoms with Crippen LogP contribution in [0, 0.1) is 10.1 Å². The normalized spacial score (nSPS) is 14.3. The fraction of sp³-hybridized carbons (Fsp3) is 0.571. The van der Waals surface area contributed by atoms with Gasteiger partial charge in [-0.15, -0.1) is 0 Å². The molecular weight excluding hydrogens is 258 g/mol. The van der Waals surface area contributed by atoms with E-state index >= 15 is 0 Å². The van der Waals surface area contributed by atoms with Gasteiger partial charge >= 0.3 is 5.69 Å². The van der Waals surface area contributed by atoms with Gasteiger partial charge in [-0.05, 0) is 38.9 Å². The maximum Gasteiger partial charge on any atom is 0.333 e. The second-order valence-corrected chi connectivity index (χ2v) is 4.98. The highest BCUT2D eigenvalue weighted by molar-refractivity contribution is 5.68. The molecular formula is C14H21N3O3. The SMILES string of the molecule is CCOc1cccc(NCCN(C)C2CC2)c1[N+](=O)[O-]. The molecule has 0 saturated heterocycles. The zero-order valence-corrected chi connectivity index (χ0v) is 12.0. The van der Waals surface area contributed by atoms with Gasteiger partial charge in [-0.2, -0.15) is 0 Å². The molecule has 6 nitrogen and oxygen atoms in total. The lowest BCUT2D eigenvalue weighted by Gasteiger charge is -2.16. The summed E-state index contributed by atoms with van der Waals surface area (Å²) in [6.07, 6.45) is 2.52. The molecule has 1 fully saturated rings. The van der Waals surface area contributed by atoms with Crippen LogP contribution in [0.4, 0.5) is 11.4 Å². The topological polar surface area (TPSA) is 67.6 Å². The lowest BCUT2D eigenvalue weighted by molar-refractivity contribution is -0.384. The second kappa shape index (κ2) is 6.56. The molecule has 6 heteroatoms. The van der Waals surface area contributed by atoms with Crippen molar-refractivity contribution in [3.63, 3.8) is 0 Å². The number of hydrogen-bond donors (Lipinski definition) is 1. The summed E-state index contributed by atoms with van der Waals surface area (Å²) in [5.41, 5.74) is 0.536. The van der Waals surface area contributed by atoms with Crippen molar-refractivity contribution < 1.29 is 9.66 Å². The number of benzene rings is 1. The molecule has 0 spiro atoms. The number of nitrogens with zero attached hydrogens (tertiary/aromatic N) is 2. The van der Waals surface area contributed by atoms with Gasteiger partial charge in [-0.25, -0.2) is 0 Å². The summed E-state index contributed by atoms with van der Waals surface area (Å²) in [5, 5.41) is 14.4. The Bertz CT molecular complexity index is 475. The number of nitro groups is 1. The van der Waals surface area contributed by atoms with Crippen LogP contribution >= 0.6 is 0 Å². The number of likely N-dealkylation sites (N-methyl/N-ethyl adjacent to an activating group) is 1. The van der Waals surface area contributed by atoms with Crippen molar-refractivity contribution in [2.24, 2.45) is 0 Å². The van der Waals surface area contributed by atoms with Gasteiger partial charge in [0.05, 0.1) is 11.5 Å². The summed E-state index contributed by atoms with van der Waals surface area (Å²) in [4.78, 5) is 13.1. The number of rotatable bonds is 8.